The average molecular weight is 747 g/mol. The van der Waals surface area contributed by atoms with Crippen molar-refractivity contribution < 1.29 is 9.47 Å². The number of ether oxygens (including phenoxy) is 2. The summed E-state index contributed by atoms with van der Waals surface area (Å²) in [7, 11) is 3.83. The summed E-state index contributed by atoms with van der Waals surface area (Å²) in [6.07, 6.45) is 9.56. The molecule has 12 heteroatoms. The van der Waals surface area contributed by atoms with Gasteiger partial charge in [-0.2, -0.15) is 20.2 Å². The second-order valence-electron chi connectivity index (χ2n) is 14.9. The molecule has 4 heterocycles. The molecule has 0 atom stereocenters. The average Bonchev–Trinajstić information content (AvgIpc) is 3.76. The first kappa shape index (κ1) is 38.3. The molecular weight excluding hydrogens is 689 g/mol. The summed E-state index contributed by atoms with van der Waals surface area (Å²) in [5.74, 6) is 4.21. The molecule has 292 valence electrons. The highest BCUT2D eigenvalue weighted by Crippen LogP contribution is 2.29. The van der Waals surface area contributed by atoms with Crippen LogP contribution in [0.1, 0.15) is 85.6 Å². The van der Waals surface area contributed by atoms with Gasteiger partial charge in [0.1, 0.15) is 17.4 Å². The van der Waals surface area contributed by atoms with Crippen LogP contribution >= 0.6 is 0 Å². The van der Waals surface area contributed by atoms with E-state index in [0.717, 1.165) is 43.0 Å². The first-order chi connectivity index (χ1) is 27.1. The molecule has 2 aliphatic rings. The smallest absolute Gasteiger partial charge is 0.221 e. The van der Waals surface area contributed by atoms with Crippen LogP contribution in [0.15, 0.2) is 78.9 Å². The van der Waals surface area contributed by atoms with Gasteiger partial charge in [-0.3, -0.25) is 9.80 Å². The third-order valence-electron chi connectivity index (χ3n) is 10.5. The van der Waals surface area contributed by atoms with Crippen LogP contribution in [0.25, 0.3) is 0 Å². The Kier molecular flexibility index (Phi) is 13.7. The Morgan fingerprint density at radius 2 is 1.05 bits per heavy atom. The molecule has 2 fully saturated rings. The van der Waals surface area contributed by atoms with Gasteiger partial charge in [-0.25, -0.2) is 9.36 Å². The number of hydrogen-bond acceptors (Lipinski definition) is 10. The second kappa shape index (κ2) is 19.6. The van der Waals surface area contributed by atoms with Gasteiger partial charge in [0.05, 0.1) is 13.2 Å². The van der Waals surface area contributed by atoms with Crippen LogP contribution in [0.5, 0.6) is 11.5 Å². The van der Waals surface area contributed by atoms with E-state index in [4.69, 9.17) is 29.6 Å². The predicted molar refractivity (Wildman–Crippen MR) is 218 cm³/mol. The van der Waals surface area contributed by atoms with Gasteiger partial charge in [0.2, 0.25) is 11.9 Å². The Balaban J connectivity index is 0.901. The van der Waals surface area contributed by atoms with Gasteiger partial charge in [0.15, 0.2) is 11.6 Å². The molecule has 0 bridgehead atoms. The highest BCUT2D eigenvalue weighted by atomic mass is 16.5. The van der Waals surface area contributed by atoms with Crippen LogP contribution < -0.4 is 20.1 Å². The van der Waals surface area contributed by atoms with Crippen LogP contribution in [0.2, 0.25) is 0 Å². The summed E-state index contributed by atoms with van der Waals surface area (Å²) in [4.78, 5) is 15.0. The molecule has 7 rings (SSSR count). The number of nitrogens with one attached hydrogen (secondary N) is 2. The summed E-state index contributed by atoms with van der Waals surface area (Å²) < 4.78 is 15.8. The minimum atomic E-state index is -0.328. The fourth-order valence-electron chi connectivity index (χ4n) is 7.56. The maximum absolute atomic E-state index is 6.13. The van der Waals surface area contributed by atoms with Crippen molar-refractivity contribution in [2.75, 3.05) is 63.1 Å². The van der Waals surface area contributed by atoms with E-state index in [2.05, 4.69) is 69.0 Å². The lowest BCUT2D eigenvalue weighted by atomic mass is 9.98. The van der Waals surface area contributed by atoms with Crippen LogP contribution in [0.4, 0.5) is 11.9 Å². The molecule has 55 heavy (non-hydrogen) atoms. The quantitative estimate of drug-likeness (QED) is 0.0871. The number of hydrogen-bond donors (Lipinski definition) is 2. The van der Waals surface area contributed by atoms with Crippen molar-refractivity contribution in [1.82, 2.24) is 39.3 Å². The Labute approximate surface area is 326 Å². The third-order valence-corrected chi connectivity index (χ3v) is 10.5. The number of aromatic nitrogens is 6. The molecule has 0 amide bonds. The van der Waals surface area contributed by atoms with Gasteiger partial charge in [-0.1, -0.05) is 67.4 Å². The Hall–Kier alpha value is -4.94. The molecule has 0 unspecified atom stereocenters. The maximum Gasteiger partial charge on any atom is 0.221 e. The monoisotopic (exact) mass is 746 g/mol. The lowest BCUT2D eigenvalue weighted by Gasteiger charge is -2.26. The van der Waals surface area contributed by atoms with Crippen LogP contribution in [0.3, 0.4) is 0 Å². The minimum absolute atomic E-state index is 0.328. The van der Waals surface area contributed by atoms with Crippen molar-refractivity contribution >= 4 is 11.9 Å². The van der Waals surface area contributed by atoms with E-state index in [9.17, 15) is 0 Å². The highest BCUT2D eigenvalue weighted by Gasteiger charge is 2.27. The van der Waals surface area contributed by atoms with E-state index < -0.39 is 0 Å². The zero-order valence-electron chi connectivity index (χ0n) is 32.7. The standard InChI is InChI=1S/C43H58N10O2/c1-50-42(44-22-14-28-54-37-20-12-16-34(30-37)32-52-24-8-4-9-25-52)46-40(48-50)39(36-18-6-3-7-19-36)41-47-43(51(2)49-41)45-23-15-29-55-38-21-13-17-35(31-38)33-53-26-10-5-11-27-53/h3,6-7,12-13,16-21,30-31,39H,4-5,8-11,14-15,22-29,32-33H2,1-2H3,(H,44,46,48)(H,45,47,49). The number of benzene rings is 3. The molecule has 5 aromatic rings. The number of rotatable bonds is 19. The van der Waals surface area contributed by atoms with Gasteiger partial charge in [0, 0.05) is 40.3 Å². The van der Waals surface area contributed by atoms with Crippen molar-refractivity contribution in [2.45, 2.75) is 70.4 Å². The minimum Gasteiger partial charge on any atom is -0.494 e. The Bertz CT molecular complexity index is 1780. The lowest BCUT2D eigenvalue weighted by Crippen LogP contribution is -2.29. The molecule has 2 aliphatic heterocycles. The topological polar surface area (TPSA) is 110 Å². The van der Waals surface area contributed by atoms with Gasteiger partial charge >= 0.3 is 0 Å². The molecule has 12 nitrogen and oxygen atoms in total. The fourth-order valence-corrected chi connectivity index (χ4v) is 7.56. The van der Waals surface area contributed by atoms with Crippen molar-refractivity contribution in [3.05, 3.63) is 107 Å². The van der Waals surface area contributed by atoms with Crippen molar-refractivity contribution in [3.63, 3.8) is 0 Å². The molecule has 2 N–H and O–H groups in total. The third kappa shape index (κ3) is 11.1. The molecular formula is C43H58N10O2. The number of aryl methyl sites for hydroxylation is 2. The highest BCUT2D eigenvalue weighted by molar-refractivity contribution is 5.38. The van der Waals surface area contributed by atoms with Crippen molar-refractivity contribution in [1.29, 1.82) is 0 Å². The molecule has 2 aromatic heterocycles. The first-order valence-electron chi connectivity index (χ1n) is 20.3. The summed E-state index contributed by atoms with van der Waals surface area (Å²) in [6.45, 7) is 9.39. The van der Waals surface area contributed by atoms with E-state index in [1.54, 1.807) is 9.36 Å². The molecule has 3 aromatic carbocycles. The van der Waals surface area contributed by atoms with E-state index in [-0.39, 0.29) is 5.92 Å². The van der Waals surface area contributed by atoms with Crippen LogP contribution in [-0.2, 0) is 27.2 Å². The SMILES string of the molecule is Cn1nc(C(c2ccccc2)c2nc(NCCCOc3cccc(CN4CCCCC4)c3)n(C)n2)nc1NCCCOc1cccc(CN2CCCCC2)c1. The van der Waals surface area contributed by atoms with E-state index in [1.165, 1.54) is 75.8 Å². The Morgan fingerprint density at radius 1 is 0.582 bits per heavy atom. The number of nitrogens with zero attached hydrogens (tertiary/aromatic N) is 8. The molecule has 0 radical (unpaired) electrons. The lowest BCUT2D eigenvalue weighted by molar-refractivity contribution is 0.220. The molecule has 0 saturated carbocycles. The van der Waals surface area contributed by atoms with Crippen molar-refractivity contribution in [2.24, 2.45) is 14.1 Å². The summed E-state index contributed by atoms with van der Waals surface area (Å²) >= 11 is 0. The summed E-state index contributed by atoms with van der Waals surface area (Å²) in [5, 5.41) is 16.6. The molecule has 2 saturated heterocycles. The van der Waals surface area contributed by atoms with E-state index >= 15 is 0 Å². The zero-order chi connectivity index (χ0) is 37.7. The zero-order valence-corrected chi connectivity index (χ0v) is 32.7. The summed E-state index contributed by atoms with van der Waals surface area (Å²) in [5.41, 5.74) is 3.66. The normalized spacial score (nSPS) is 15.3. The van der Waals surface area contributed by atoms with Gasteiger partial charge in [-0.15, -0.1) is 0 Å². The van der Waals surface area contributed by atoms with Gasteiger partial charge in [-0.05, 0) is 106 Å². The predicted octanol–water partition coefficient (Wildman–Crippen LogP) is 6.86. The summed E-state index contributed by atoms with van der Waals surface area (Å²) in [6, 6.07) is 27.3. The Morgan fingerprint density at radius 3 is 1.53 bits per heavy atom. The van der Waals surface area contributed by atoms with Gasteiger partial charge < -0.3 is 20.1 Å². The number of piperidine rings is 2. The number of likely N-dealkylation sites (tertiary alicyclic amines) is 2. The number of anilines is 2. The van der Waals surface area contributed by atoms with Crippen molar-refractivity contribution in [3.8, 4) is 11.5 Å². The largest absolute Gasteiger partial charge is 0.494 e. The molecule has 0 spiro atoms. The van der Waals surface area contributed by atoms with Crippen LogP contribution in [-0.4, -0.2) is 91.8 Å². The van der Waals surface area contributed by atoms with Gasteiger partial charge in [0.25, 0.3) is 0 Å². The van der Waals surface area contributed by atoms with Crippen LogP contribution in [0, 0.1) is 0 Å². The second-order valence-corrected chi connectivity index (χ2v) is 14.9. The molecule has 0 aliphatic carbocycles. The first-order valence-corrected chi connectivity index (χ1v) is 20.3. The van der Waals surface area contributed by atoms with E-state index in [0.29, 0.717) is 49.8 Å². The fraction of sp³-hybridized carbons (Fsp3) is 0.488. The van der Waals surface area contributed by atoms with E-state index in [1.807, 2.05) is 44.4 Å². The maximum atomic E-state index is 6.13.